The van der Waals surface area contributed by atoms with Crippen molar-refractivity contribution in [2.24, 2.45) is 5.92 Å². The quantitative estimate of drug-likeness (QED) is 0.788. The maximum absolute atomic E-state index is 12.2. The summed E-state index contributed by atoms with van der Waals surface area (Å²) in [5.41, 5.74) is 0. The van der Waals surface area contributed by atoms with Crippen LogP contribution in [0.1, 0.15) is 25.4 Å². The van der Waals surface area contributed by atoms with Crippen LogP contribution in [0.5, 0.6) is 0 Å². The molecule has 0 radical (unpaired) electrons. The van der Waals surface area contributed by atoms with Gasteiger partial charge in [-0.3, -0.25) is 14.5 Å². The zero-order chi connectivity index (χ0) is 16.0. The summed E-state index contributed by atoms with van der Waals surface area (Å²) in [4.78, 5) is 26.2. The molecule has 0 bridgehead atoms. The van der Waals surface area contributed by atoms with Crippen molar-refractivity contribution in [3.05, 3.63) is 23.7 Å². The Balaban J connectivity index is 2.56. The summed E-state index contributed by atoms with van der Waals surface area (Å²) >= 11 is 0. The van der Waals surface area contributed by atoms with Crippen molar-refractivity contribution < 1.29 is 19.1 Å². The van der Waals surface area contributed by atoms with Crippen LogP contribution in [0.25, 0.3) is 0 Å². The highest BCUT2D eigenvalue weighted by atomic mass is 16.4. The number of carboxylic acid groups (broad SMARTS) is 1. The molecule has 118 valence electrons. The molecule has 0 aromatic carbocycles. The third-order valence-electron chi connectivity index (χ3n) is 2.96. The molecule has 0 spiro atoms. The molecule has 1 rings (SSSR count). The van der Waals surface area contributed by atoms with E-state index >= 15 is 0 Å². The van der Waals surface area contributed by atoms with E-state index in [1.165, 1.54) is 0 Å². The molecule has 0 fully saturated rings. The topological polar surface area (TPSA) is 74.0 Å². The van der Waals surface area contributed by atoms with E-state index in [-0.39, 0.29) is 19.0 Å². The lowest BCUT2D eigenvalue weighted by Crippen LogP contribution is -2.41. The van der Waals surface area contributed by atoms with Gasteiger partial charge in [-0.1, -0.05) is 13.8 Å². The SMILES string of the molecule is Cc1ccc(CN(C)C(=O)CN(CC(=O)O)CC(C)C)o1. The van der Waals surface area contributed by atoms with Crippen LogP contribution in [0, 0.1) is 12.8 Å². The Bertz CT molecular complexity index is 482. The van der Waals surface area contributed by atoms with Crippen LogP contribution in [0.4, 0.5) is 0 Å². The van der Waals surface area contributed by atoms with Crippen LogP contribution < -0.4 is 0 Å². The minimum absolute atomic E-state index is 0.0979. The van der Waals surface area contributed by atoms with Crippen molar-refractivity contribution in [2.45, 2.75) is 27.3 Å². The van der Waals surface area contributed by atoms with Crippen LogP contribution in [0.15, 0.2) is 16.5 Å². The molecule has 1 N–H and O–H groups in total. The monoisotopic (exact) mass is 296 g/mol. The predicted octanol–water partition coefficient (Wildman–Crippen LogP) is 1.59. The Morgan fingerprint density at radius 2 is 1.95 bits per heavy atom. The van der Waals surface area contributed by atoms with Crippen LogP contribution in [-0.2, 0) is 16.1 Å². The Hall–Kier alpha value is -1.82. The van der Waals surface area contributed by atoms with E-state index in [1.54, 1.807) is 16.8 Å². The number of carboxylic acids is 1. The zero-order valence-electron chi connectivity index (χ0n) is 13.1. The fraction of sp³-hybridized carbons (Fsp3) is 0.600. The van der Waals surface area contributed by atoms with Crippen molar-refractivity contribution in [2.75, 3.05) is 26.7 Å². The fourth-order valence-corrected chi connectivity index (χ4v) is 2.10. The smallest absolute Gasteiger partial charge is 0.317 e. The first-order chi connectivity index (χ1) is 9.77. The highest BCUT2D eigenvalue weighted by molar-refractivity contribution is 5.78. The molecule has 0 aliphatic rings. The number of hydrogen-bond donors (Lipinski definition) is 1. The molecule has 6 nitrogen and oxygen atoms in total. The number of hydrogen-bond acceptors (Lipinski definition) is 4. The van der Waals surface area contributed by atoms with E-state index < -0.39 is 5.97 Å². The number of rotatable bonds is 8. The number of likely N-dealkylation sites (N-methyl/N-ethyl adjacent to an activating group) is 1. The van der Waals surface area contributed by atoms with E-state index in [1.807, 2.05) is 32.9 Å². The van der Waals surface area contributed by atoms with Gasteiger partial charge in [0.25, 0.3) is 0 Å². The largest absolute Gasteiger partial charge is 0.480 e. The second-order valence-electron chi connectivity index (χ2n) is 5.72. The summed E-state index contributed by atoms with van der Waals surface area (Å²) in [6.07, 6.45) is 0. The summed E-state index contributed by atoms with van der Waals surface area (Å²) in [5.74, 6) is 0.782. The Kier molecular flexibility index (Phi) is 6.42. The van der Waals surface area contributed by atoms with Gasteiger partial charge in [-0.25, -0.2) is 0 Å². The summed E-state index contributed by atoms with van der Waals surface area (Å²) in [6, 6.07) is 3.69. The van der Waals surface area contributed by atoms with Gasteiger partial charge in [0.1, 0.15) is 11.5 Å². The van der Waals surface area contributed by atoms with Crippen molar-refractivity contribution in [3.8, 4) is 0 Å². The normalized spacial score (nSPS) is 11.1. The molecule has 0 saturated carbocycles. The van der Waals surface area contributed by atoms with Crippen molar-refractivity contribution in [3.63, 3.8) is 0 Å². The highest BCUT2D eigenvalue weighted by Gasteiger charge is 2.18. The summed E-state index contributed by atoms with van der Waals surface area (Å²) in [6.45, 7) is 6.77. The zero-order valence-corrected chi connectivity index (χ0v) is 13.1. The molecular formula is C15H24N2O4. The van der Waals surface area contributed by atoms with Gasteiger partial charge in [0.05, 0.1) is 19.6 Å². The van der Waals surface area contributed by atoms with Crippen molar-refractivity contribution in [1.29, 1.82) is 0 Å². The molecule has 21 heavy (non-hydrogen) atoms. The average Bonchev–Trinajstić information content (AvgIpc) is 2.72. The van der Waals surface area contributed by atoms with Gasteiger partial charge in [0.2, 0.25) is 5.91 Å². The van der Waals surface area contributed by atoms with Crippen molar-refractivity contribution in [1.82, 2.24) is 9.80 Å². The summed E-state index contributed by atoms with van der Waals surface area (Å²) < 4.78 is 5.44. The van der Waals surface area contributed by atoms with Gasteiger partial charge in [0.15, 0.2) is 0 Å². The number of carbonyl (C=O) groups is 2. The third kappa shape index (κ3) is 6.44. The van der Waals surface area contributed by atoms with E-state index in [0.29, 0.717) is 19.0 Å². The van der Waals surface area contributed by atoms with E-state index in [9.17, 15) is 9.59 Å². The predicted molar refractivity (Wildman–Crippen MR) is 78.8 cm³/mol. The molecule has 0 unspecified atom stereocenters. The Morgan fingerprint density at radius 3 is 2.43 bits per heavy atom. The number of carbonyl (C=O) groups excluding carboxylic acids is 1. The number of nitrogens with zero attached hydrogens (tertiary/aromatic N) is 2. The maximum atomic E-state index is 12.2. The molecule has 1 amide bonds. The minimum atomic E-state index is -0.923. The van der Waals surface area contributed by atoms with Gasteiger partial charge in [-0.05, 0) is 25.0 Å². The number of aliphatic carboxylic acids is 1. The maximum Gasteiger partial charge on any atom is 0.317 e. The molecule has 0 atom stereocenters. The molecule has 1 aromatic heterocycles. The molecule has 0 aliphatic carbocycles. The second kappa shape index (κ2) is 7.83. The lowest BCUT2D eigenvalue weighted by molar-refractivity contribution is -0.139. The second-order valence-corrected chi connectivity index (χ2v) is 5.72. The minimum Gasteiger partial charge on any atom is -0.480 e. The molecule has 0 aliphatic heterocycles. The first-order valence-corrected chi connectivity index (χ1v) is 7.01. The third-order valence-corrected chi connectivity index (χ3v) is 2.96. The first-order valence-electron chi connectivity index (χ1n) is 7.01. The molecule has 0 saturated heterocycles. The first kappa shape index (κ1) is 17.2. The van der Waals surface area contributed by atoms with Gasteiger partial charge in [0, 0.05) is 13.6 Å². The summed E-state index contributed by atoms with van der Waals surface area (Å²) in [7, 11) is 1.69. The molecule has 6 heteroatoms. The number of furan rings is 1. The molecule has 1 heterocycles. The number of amides is 1. The Labute approximate surface area is 125 Å². The fourth-order valence-electron chi connectivity index (χ4n) is 2.10. The van der Waals surface area contributed by atoms with E-state index in [4.69, 9.17) is 9.52 Å². The average molecular weight is 296 g/mol. The van der Waals surface area contributed by atoms with Crippen molar-refractivity contribution >= 4 is 11.9 Å². The van der Waals surface area contributed by atoms with E-state index in [2.05, 4.69) is 0 Å². The molecule has 1 aromatic rings. The summed E-state index contributed by atoms with van der Waals surface area (Å²) in [5, 5.41) is 8.90. The van der Waals surface area contributed by atoms with Crippen LogP contribution in [0.3, 0.4) is 0 Å². The van der Waals surface area contributed by atoms with Gasteiger partial charge in [-0.15, -0.1) is 0 Å². The molecular weight excluding hydrogens is 272 g/mol. The lowest BCUT2D eigenvalue weighted by Gasteiger charge is -2.24. The van der Waals surface area contributed by atoms with Crippen LogP contribution >= 0.6 is 0 Å². The van der Waals surface area contributed by atoms with Gasteiger partial charge < -0.3 is 14.4 Å². The van der Waals surface area contributed by atoms with Gasteiger partial charge >= 0.3 is 5.97 Å². The Morgan fingerprint density at radius 1 is 1.29 bits per heavy atom. The van der Waals surface area contributed by atoms with Crippen LogP contribution in [0.2, 0.25) is 0 Å². The highest BCUT2D eigenvalue weighted by Crippen LogP contribution is 2.09. The standard InChI is InChI=1S/C15H24N2O4/c1-11(2)7-17(10-15(19)20)9-14(18)16(4)8-13-6-5-12(3)21-13/h5-6,11H,7-10H2,1-4H3,(H,19,20). The van der Waals surface area contributed by atoms with Gasteiger partial charge in [-0.2, -0.15) is 0 Å². The number of aryl methyl sites for hydroxylation is 1. The lowest BCUT2D eigenvalue weighted by atomic mass is 10.2. The van der Waals surface area contributed by atoms with Crippen LogP contribution in [-0.4, -0.2) is 53.5 Å². The van der Waals surface area contributed by atoms with E-state index in [0.717, 1.165) is 11.5 Å².